The van der Waals surface area contributed by atoms with Crippen LogP contribution in [-0.2, 0) is 0 Å². The first-order chi connectivity index (χ1) is 13.0. The molecule has 0 aliphatic heterocycles. The molecule has 0 saturated carbocycles. The zero-order valence-electron chi connectivity index (χ0n) is 13.9. The molecule has 0 bridgehead atoms. The van der Waals surface area contributed by atoms with E-state index in [0.717, 1.165) is 18.5 Å². The van der Waals surface area contributed by atoms with E-state index in [0.29, 0.717) is 17.5 Å². The van der Waals surface area contributed by atoms with E-state index in [-0.39, 0.29) is 17.3 Å². The number of nitrogens with one attached hydrogen (secondary N) is 2. The predicted octanol–water partition coefficient (Wildman–Crippen LogP) is 4.16. The van der Waals surface area contributed by atoms with Gasteiger partial charge in [-0.1, -0.05) is 6.07 Å². The summed E-state index contributed by atoms with van der Waals surface area (Å²) in [6.07, 6.45) is 1.08. The number of ether oxygens (including phenoxy) is 1. The third kappa shape index (κ3) is 4.06. The van der Waals surface area contributed by atoms with Crippen molar-refractivity contribution in [3.05, 3.63) is 70.5 Å². The first-order valence-corrected chi connectivity index (χ1v) is 7.60. The number of anilines is 4. The van der Waals surface area contributed by atoms with Crippen molar-refractivity contribution in [1.29, 1.82) is 0 Å². The molecule has 27 heavy (non-hydrogen) atoms. The van der Waals surface area contributed by atoms with Crippen molar-refractivity contribution in [2.45, 2.75) is 0 Å². The SMILES string of the molecule is COc1cccc(Nc2ncnc(Nc3ccc(F)cc3F)c2[N+](=O)[O-])c1. The van der Waals surface area contributed by atoms with Gasteiger partial charge in [0.2, 0.25) is 11.6 Å². The maximum absolute atomic E-state index is 13.9. The third-order valence-electron chi connectivity index (χ3n) is 3.52. The van der Waals surface area contributed by atoms with Gasteiger partial charge in [-0.25, -0.2) is 18.7 Å². The Morgan fingerprint density at radius 3 is 2.48 bits per heavy atom. The second-order valence-corrected chi connectivity index (χ2v) is 5.28. The van der Waals surface area contributed by atoms with E-state index in [1.165, 1.54) is 7.11 Å². The summed E-state index contributed by atoms with van der Waals surface area (Å²) in [6, 6.07) is 9.50. The topological polar surface area (TPSA) is 102 Å². The molecular formula is C17H13F2N5O3. The molecule has 0 fully saturated rings. The number of hydrogen-bond donors (Lipinski definition) is 2. The van der Waals surface area contributed by atoms with Crippen LogP contribution in [0.1, 0.15) is 0 Å². The van der Waals surface area contributed by atoms with Gasteiger partial charge in [0.05, 0.1) is 17.7 Å². The van der Waals surface area contributed by atoms with Crippen LogP contribution in [0.15, 0.2) is 48.8 Å². The molecular weight excluding hydrogens is 360 g/mol. The number of aromatic nitrogens is 2. The molecule has 2 aromatic carbocycles. The van der Waals surface area contributed by atoms with E-state index < -0.39 is 22.2 Å². The van der Waals surface area contributed by atoms with E-state index in [9.17, 15) is 18.9 Å². The number of nitro groups is 1. The number of methoxy groups -OCH3 is 1. The summed E-state index contributed by atoms with van der Waals surface area (Å²) in [4.78, 5) is 18.5. The fraction of sp³-hybridized carbons (Fsp3) is 0.0588. The minimum atomic E-state index is -0.912. The molecule has 0 unspecified atom stereocenters. The lowest BCUT2D eigenvalue weighted by atomic mass is 10.2. The monoisotopic (exact) mass is 373 g/mol. The highest BCUT2D eigenvalue weighted by atomic mass is 19.1. The average molecular weight is 373 g/mol. The van der Waals surface area contributed by atoms with Crippen LogP contribution in [0.3, 0.4) is 0 Å². The van der Waals surface area contributed by atoms with Gasteiger partial charge in [0.1, 0.15) is 23.7 Å². The summed E-state index contributed by atoms with van der Waals surface area (Å²) in [7, 11) is 1.49. The molecule has 138 valence electrons. The van der Waals surface area contributed by atoms with Gasteiger partial charge in [0, 0.05) is 17.8 Å². The number of nitrogens with zero attached hydrogens (tertiary/aromatic N) is 3. The lowest BCUT2D eigenvalue weighted by Gasteiger charge is -2.11. The van der Waals surface area contributed by atoms with E-state index in [1.807, 2.05) is 0 Å². The number of rotatable bonds is 6. The Morgan fingerprint density at radius 2 is 1.81 bits per heavy atom. The van der Waals surface area contributed by atoms with E-state index >= 15 is 0 Å². The zero-order chi connectivity index (χ0) is 19.4. The molecule has 2 N–H and O–H groups in total. The Bertz CT molecular complexity index is 1000. The minimum absolute atomic E-state index is 0.103. The summed E-state index contributed by atoms with van der Waals surface area (Å²) in [5, 5.41) is 16.9. The van der Waals surface area contributed by atoms with Gasteiger partial charge in [-0.2, -0.15) is 0 Å². The largest absolute Gasteiger partial charge is 0.497 e. The molecule has 0 aliphatic carbocycles. The molecule has 8 nitrogen and oxygen atoms in total. The van der Waals surface area contributed by atoms with Crippen LogP contribution in [-0.4, -0.2) is 22.0 Å². The van der Waals surface area contributed by atoms with Crippen LogP contribution in [0.2, 0.25) is 0 Å². The molecule has 0 spiro atoms. The standard InChI is InChI=1S/C17H13F2N5O3/c1-27-12-4-2-3-11(8-12)22-16-15(24(25)26)17(21-9-20-16)23-14-6-5-10(18)7-13(14)19/h2-9H,1H3,(H2,20,21,22,23). The van der Waals surface area contributed by atoms with Crippen LogP contribution >= 0.6 is 0 Å². The number of hydrogen-bond acceptors (Lipinski definition) is 7. The Morgan fingerprint density at radius 1 is 1.07 bits per heavy atom. The van der Waals surface area contributed by atoms with Crippen molar-refractivity contribution >= 4 is 28.7 Å². The van der Waals surface area contributed by atoms with Gasteiger partial charge in [-0.15, -0.1) is 0 Å². The average Bonchev–Trinajstić information content (AvgIpc) is 2.64. The van der Waals surface area contributed by atoms with Crippen LogP contribution in [0.5, 0.6) is 5.75 Å². The van der Waals surface area contributed by atoms with Crippen molar-refractivity contribution < 1.29 is 18.4 Å². The van der Waals surface area contributed by atoms with Gasteiger partial charge in [0.15, 0.2) is 0 Å². The van der Waals surface area contributed by atoms with Crippen LogP contribution in [0.25, 0.3) is 0 Å². The molecule has 0 aliphatic rings. The predicted molar refractivity (Wildman–Crippen MR) is 94.6 cm³/mol. The molecule has 1 heterocycles. The number of halogens is 2. The van der Waals surface area contributed by atoms with Gasteiger partial charge < -0.3 is 15.4 Å². The molecule has 10 heteroatoms. The van der Waals surface area contributed by atoms with Crippen molar-refractivity contribution in [1.82, 2.24) is 9.97 Å². The lowest BCUT2D eigenvalue weighted by molar-refractivity contribution is -0.383. The summed E-state index contributed by atoms with van der Waals surface area (Å²) in [5.41, 5.74) is -0.162. The minimum Gasteiger partial charge on any atom is -0.497 e. The normalized spacial score (nSPS) is 10.3. The molecule has 3 rings (SSSR count). The van der Waals surface area contributed by atoms with E-state index in [2.05, 4.69) is 20.6 Å². The quantitative estimate of drug-likeness (QED) is 0.494. The van der Waals surface area contributed by atoms with Crippen molar-refractivity contribution in [3.63, 3.8) is 0 Å². The van der Waals surface area contributed by atoms with E-state index in [1.54, 1.807) is 24.3 Å². The molecule has 1 aromatic heterocycles. The Hall–Kier alpha value is -3.82. The third-order valence-corrected chi connectivity index (χ3v) is 3.52. The van der Waals surface area contributed by atoms with Gasteiger partial charge in [-0.3, -0.25) is 10.1 Å². The maximum Gasteiger partial charge on any atom is 0.353 e. The van der Waals surface area contributed by atoms with Crippen LogP contribution < -0.4 is 15.4 Å². The lowest BCUT2D eigenvalue weighted by Crippen LogP contribution is -2.06. The van der Waals surface area contributed by atoms with Crippen molar-refractivity contribution in [2.75, 3.05) is 17.7 Å². The Labute approximate surface area is 152 Å². The summed E-state index contributed by atoms with van der Waals surface area (Å²) in [6.45, 7) is 0. The molecule has 0 amide bonds. The fourth-order valence-corrected chi connectivity index (χ4v) is 2.29. The first-order valence-electron chi connectivity index (χ1n) is 7.60. The van der Waals surface area contributed by atoms with Crippen LogP contribution in [0.4, 0.5) is 37.5 Å². The molecule has 0 atom stereocenters. The van der Waals surface area contributed by atoms with Crippen LogP contribution in [0, 0.1) is 21.7 Å². The van der Waals surface area contributed by atoms with Gasteiger partial charge in [0.25, 0.3) is 0 Å². The molecule has 0 saturated heterocycles. The smallest absolute Gasteiger partial charge is 0.353 e. The second-order valence-electron chi connectivity index (χ2n) is 5.28. The highest BCUT2D eigenvalue weighted by Crippen LogP contribution is 2.34. The number of benzene rings is 2. The van der Waals surface area contributed by atoms with Gasteiger partial charge in [-0.05, 0) is 24.3 Å². The summed E-state index contributed by atoms with van der Waals surface area (Å²) < 4.78 is 32.0. The summed E-state index contributed by atoms with van der Waals surface area (Å²) >= 11 is 0. The zero-order valence-corrected chi connectivity index (χ0v) is 13.9. The Balaban J connectivity index is 1.98. The second kappa shape index (κ2) is 7.60. The van der Waals surface area contributed by atoms with Crippen molar-refractivity contribution in [3.8, 4) is 5.75 Å². The molecule has 0 radical (unpaired) electrons. The Kier molecular flexibility index (Phi) is 5.06. The van der Waals surface area contributed by atoms with E-state index in [4.69, 9.17) is 4.74 Å². The highest BCUT2D eigenvalue weighted by Gasteiger charge is 2.24. The van der Waals surface area contributed by atoms with Crippen molar-refractivity contribution in [2.24, 2.45) is 0 Å². The first kappa shape index (κ1) is 18.0. The summed E-state index contributed by atoms with van der Waals surface area (Å²) in [5.74, 6) is -1.48. The van der Waals surface area contributed by atoms with Gasteiger partial charge >= 0.3 is 5.69 Å². The highest BCUT2D eigenvalue weighted by molar-refractivity contribution is 5.77. The molecule has 3 aromatic rings. The fourth-order valence-electron chi connectivity index (χ4n) is 2.29. The maximum atomic E-state index is 13.9.